The molecule has 1 aliphatic rings. The molecule has 3 heteroatoms. The molecule has 1 N–H and O–H groups in total. The molecule has 1 heterocycles. The van der Waals surface area contributed by atoms with Crippen LogP contribution in [0, 0.1) is 12.3 Å². The monoisotopic (exact) mass is 252 g/mol. The van der Waals surface area contributed by atoms with E-state index in [1.165, 1.54) is 31.2 Å². The first kappa shape index (κ1) is 12.8. The Hall–Kier alpha value is -0.600. The first-order chi connectivity index (χ1) is 8.26. The molecule has 17 heavy (non-hydrogen) atoms. The smallest absolute Gasteiger partial charge is 0.0570 e. The molecule has 0 aliphatic heterocycles. The van der Waals surface area contributed by atoms with Crippen molar-refractivity contribution in [2.24, 2.45) is 5.41 Å². The first-order valence-electron chi connectivity index (χ1n) is 6.43. The summed E-state index contributed by atoms with van der Waals surface area (Å²) in [5.74, 6) is 0.779. The van der Waals surface area contributed by atoms with Gasteiger partial charge in [0, 0.05) is 25.2 Å². The van der Waals surface area contributed by atoms with Crippen LogP contribution in [-0.2, 0) is 6.54 Å². The lowest BCUT2D eigenvalue weighted by molar-refractivity contribution is 0.319. The predicted molar refractivity (Wildman–Crippen MR) is 72.3 cm³/mol. The third-order valence-electron chi connectivity index (χ3n) is 3.86. The van der Waals surface area contributed by atoms with E-state index < -0.39 is 0 Å². The van der Waals surface area contributed by atoms with E-state index in [0.717, 1.165) is 24.7 Å². The summed E-state index contributed by atoms with van der Waals surface area (Å²) < 4.78 is 0. The summed E-state index contributed by atoms with van der Waals surface area (Å²) in [4.78, 5) is 4.40. The van der Waals surface area contributed by atoms with Crippen molar-refractivity contribution in [3.05, 3.63) is 29.6 Å². The van der Waals surface area contributed by atoms with Gasteiger partial charge < -0.3 is 5.32 Å². The van der Waals surface area contributed by atoms with Gasteiger partial charge in [-0.25, -0.2) is 0 Å². The Morgan fingerprint density at radius 3 is 2.82 bits per heavy atom. The van der Waals surface area contributed by atoms with E-state index in [1.54, 1.807) is 0 Å². The molecular weight excluding hydrogens is 232 g/mol. The van der Waals surface area contributed by atoms with Crippen LogP contribution in [0.25, 0.3) is 0 Å². The van der Waals surface area contributed by atoms with Crippen LogP contribution >= 0.6 is 11.6 Å². The van der Waals surface area contributed by atoms with Crippen LogP contribution in [0.4, 0.5) is 0 Å². The predicted octanol–water partition coefficient (Wildman–Crippen LogP) is 3.28. The highest BCUT2D eigenvalue weighted by Gasteiger charge is 2.32. The first-order valence-corrected chi connectivity index (χ1v) is 6.96. The highest BCUT2D eigenvalue weighted by Crippen LogP contribution is 2.38. The van der Waals surface area contributed by atoms with Crippen molar-refractivity contribution in [2.45, 2.75) is 39.2 Å². The van der Waals surface area contributed by atoms with Crippen molar-refractivity contribution in [1.82, 2.24) is 10.3 Å². The van der Waals surface area contributed by atoms with Gasteiger partial charge in [0.25, 0.3) is 0 Å². The number of hydrogen-bond acceptors (Lipinski definition) is 2. The second-order valence-corrected chi connectivity index (χ2v) is 5.48. The molecule has 0 unspecified atom stereocenters. The molecule has 1 aromatic rings. The van der Waals surface area contributed by atoms with E-state index in [9.17, 15) is 0 Å². The molecule has 1 saturated carbocycles. The Morgan fingerprint density at radius 2 is 2.18 bits per heavy atom. The maximum Gasteiger partial charge on any atom is 0.0570 e. The normalized spacial score (nSPS) is 18.5. The molecule has 94 valence electrons. The Balaban J connectivity index is 1.85. The molecule has 1 fully saturated rings. The third kappa shape index (κ3) is 3.20. The topological polar surface area (TPSA) is 24.9 Å². The van der Waals surface area contributed by atoms with Crippen LogP contribution in [0.15, 0.2) is 18.3 Å². The molecule has 2 rings (SSSR count). The van der Waals surface area contributed by atoms with E-state index in [4.69, 9.17) is 11.6 Å². The lowest BCUT2D eigenvalue weighted by Gasteiger charge is -2.26. The lowest BCUT2D eigenvalue weighted by Crippen LogP contribution is -2.33. The third-order valence-corrected chi connectivity index (χ3v) is 4.42. The molecule has 2 nitrogen and oxygen atoms in total. The fourth-order valence-corrected chi connectivity index (χ4v) is 2.99. The zero-order valence-electron chi connectivity index (χ0n) is 10.5. The quantitative estimate of drug-likeness (QED) is 0.814. The Bertz CT molecular complexity index is 359. The van der Waals surface area contributed by atoms with Crippen LogP contribution in [-0.4, -0.2) is 17.4 Å². The van der Waals surface area contributed by atoms with Gasteiger partial charge in [-0.2, -0.15) is 0 Å². The number of hydrogen-bond donors (Lipinski definition) is 1. The number of rotatable bonds is 5. The molecule has 0 aromatic carbocycles. The van der Waals surface area contributed by atoms with E-state index >= 15 is 0 Å². The van der Waals surface area contributed by atoms with Crippen molar-refractivity contribution in [3.8, 4) is 0 Å². The SMILES string of the molecule is Cc1cccnc1CNCC1(CCl)CCCC1. The van der Waals surface area contributed by atoms with Crippen molar-refractivity contribution in [3.63, 3.8) is 0 Å². The van der Waals surface area contributed by atoms with Gasteiger partial charge in [0.1, 0.15) is 0 Å². The summed E-state index contributed by atoms with van der Waals surface area (Å²) in [7, 11) is 0. The molecule has 0 saturated heterocycles. The molecule has 0 radical (unpaired) electrons. The van der Waals surface area contributed by atoms with Gasteiger partial charge in [-0.3, -0.25) is 4.98 Å². The fourth-order valence-electron chi connectivity index (χ4n) is 2.63. The summed E-state index contributed by atoms with van der Waals surface area (Å²) in [6.07, 6.45) is 7.06. The van der Waals surface area contributed by atoms with Gasteiger partial charge in [-0.1, -0.05) is 18.9 Å². The minimum Gasteiger partial charge on any atom is -0.311 e. The lowest BCUT2D eigenvalue weighted by atomic mass is 9.88. The van der Waals surface area contributed by atoms with E-state index in [1.807, 2.05) is 12.3 Å². The van der Waals surface area contributed by atoms with Gasteiger partial charge in [0.2, 0.25) is 0 Å². The molecule has 1 aromatic heterocycles. The van der Waals surface area contributed by atoms with Crippen molar-refractivity contribution >= 4 is 11.6 Å². The van der Waals surface area contributed by atoms with E-state index in [-0.39, 0.29) is 0 Å². The van der Waals surface area contributed by atoms with Crippen molar-refractivity contribution < 1.29 is 0 Å². The fraction of sp³-hybridized carbons (Fsp3) is 0.643. The standard InChI is InChI=1S/C14H21ClN2/c1-12-5-4-8-17-13(12)9-16-11-14(10-15)6-2-3-7-14/h4-5,8,16H,2-3,6-7,9-11H2,1H3. The highest BCUT2D eigenvalue weighted by atomic mass is 35.5. The second kappa shape index (κ2) is 5.83. The van der Waals surface area contributed by atoms with Crippen LogP contribution in [0.5, 0.6) is 0 Å². The van der Waals surface area contributed by atoms with Crippen LogP contribution < -0.4 is 5.32 Å². The van der Waals surface area contributed by atoms with Crippen LogP contribution in [0.1, 0.15) is 36.9 Å². The average Bonchev–Trinajstić information content (AvgIpc) is 2.81. The highest BCUT2D eigenvalue weighted by molar-refractivity contribution is 6.18. The number of nitrogens with zero attached hydrogens (tertiary/aromatic N) is 1. The molecule has 1 aliphatic carbocycles. The van der Waals surface area contributed by atoms with Gasteiger partial charge in [0.15, 0.2) is 0 Å². The van der Waals surface area contributed by atoms with Gasteiger partial charge >= 0.3 is 0 Å². The maximum absolute atomic E-state index is 6.12. The van der Waals surface area contributed by atoms with Crippen LogP contribution in [0.2, 0.25) is 0 Å². The minimum atomic E-state index is 0.338. The summed E-state index contributed by atoms with van der Waals surface area (Å²) in [5.41, 5.74) is 2.74. The maximum atomic E-state index is 6.12. The van der Waals surface area contributed by atoms with Crippen molar-refractivity contribution in [2.75, 3.05) is 12.4 Å². The molecule has 0 amide bonds. The zero-order valence-corrected chi connectivity index (χ0v) is 11.3. The molecule has 0 atom stereocenters. The molecule has 0 bridgehead atoms. The molecular formula is C14H21ClN2. The van der Waals surface area contributed by atoms with E-state index in [0.29, 0.717) is 5.41 Å². The zero-order chi connectivity index (χ0) is 12.1. The minimum absolute atomic E-state index is 0.338. The largest absolute Gasteiger partial charge is 0.311 e. The van der Waals surface area contributed by atoms with Crippen LogP contribution in [0.3, 0.4) is 0 Å². The Kier molecular flexibility index (Phi) is 4.41. The number of aryl methyl sites for hydroxylation is 1. The summed E-state index contributed by atoms with van der Waals surface area (Å²) in [5, 5.41) is 3.53. The van der Waals surface area contributed by atoms with Gasteiger partial charge in [0.05, 0.1) is 5.69 Å². The van der Waals surface area contributed by atoms with E-state index in [2.05, 4.69) is 23.3 Å². The number of pyridine rings is 1. The van der Waals surface area contributed by atoms with Gasteiger partial charge in [-0.15, -0.1) is 11.6 Å². The average molecular weight is 253 g/mol. The summed E-state index contributed by atoms with van der Waals surface area (Å²) in [6, 6.07) is 4.09. The number of alkyl halides is 1. The van der Waals surface area contributed by atoms with Crippen molar-refractivity contribution in [1.29, 1.82) is 0 Å². The summed E-state index contributed by atoms with van der Waals surface area (Å²) >= 11 is 6.12. The number of halogens is 1. The Labute approximate surface area is 109 Å². The Morgan fingerprint density at radius 1 is 1.41 bits per heavy atom. The molecule has 0 spiro atoms. The summed E-state index contributed by atoms with van der Waals surface area (Å²) in [6.45, 7) is 3.98. The second-order valence-electron chi connectivity index (χ2n) is 5.21. The number of aromatic nitrogens is 1. The number of nitrogens with one attached hydrogen (secondary N) is 1. The van der Waals surface area contributed by atoms with Gasteiger partial charge in [-0.05, 0) is 36.8 Å².